The molecule has 3 rings (SSSR count). The van der Waals surface area contributed by atoms with Gasteiger partial charge in [-0.15, -0.1) is 0 Å². The number of ether oxygens (including phenoxy) is 2. The minimum Gasteiger partial charge on any atom is -0.493 e. The molecule has 1 fully saturated rings. The van der Waals surface area contributed by atoms with E-state index in [1.165, 1.54) is 18.1 Å². The Balaban J connectivity index is 1.87. The molecule has 0 unspecified atom stereocenters. The fourth-order valence-electron chi connectivity index (χ4n) is 2.52. The van der Waals surface area contributed by atoms with Gasteiger partial charge in [-0.05, 0) is 58.0 Å². The molecule has 27 heavy (non-hydrogen) atoms. The van der Waals surface area contributed by atoms with E-state index in [1.54, 1.807) is 43.5 Å². The van der Waals surface area contributed by atoms with Gasteiger partial charge in [-0.25, -0.2) is 4.39 Å². The van der Waals surface area contributed by atoms with E-state index in [1.807, 2.05) is 0 Å². The topological polar surface area (TPSA) is 50.8 Å². The molecular formula is C19H16BrFN2O3S. The molecule has 2 aromatic carbocycles. The van der Waals surface area contributed by atoms with Gasteiger partial charge in [0.15, 0.2) is 16.6 Å². The first-order valence-electron chi connectivity index (χ1n) is 7.95. The number of carbonyl (C=O) groups is 1. The van der Waals surface area contributed by atoms with Gasteiger partial charge in [0.05, 0.1) is 11.6 Å². The van der Waals surface area contributed by atoms with Crippen LogP contribution < -0.4 is 14.8 Å². The zero-order chi connectivity index (χ0) is 19.6. The number of hydrogen-bond donors (Lipinski definition) is 1. The van der Waals surface area contributed by atoms with Crippen molar-refractivity contribution in [3.05, 3.63) is 63.5 Å². The Hall–Kier alpha value is -2.45. The molecule has 0 bridgehead atoms. The third-order valence-corrected chi connectivity index (χ3v) is 4.94. The third-order valence-electron chi connectivity index (χ3n) is 3.97. The van der Waals surface area contributed by atoms with Gasteiger partial charge in [0.1, 0.15) is 18.1 Å². The molecule has 1 N–H and O–H groups in total. The summed E-state index contributed by atoms with van der Waals surface area (Å²) in [7, 11) is 3.12. The summed E-state index contributed by atoms with van der Waals surface area (Å²) in [6.07, 6.45) is 1.67. The highest BCUT2D eigenvalue weighted by Gasteiger charge is 2.27. The number of likely N-dealkylation sites (N-methyl/N-ethyl adjacent to an activating group) is 1. The first-order valence-corrected chi connectivity index (χ1v) is 9.15. The van der Waals surface area contributed by atoms with Crippen LogP contribution in [0.1, 0.15) is 11.1 Å². The number of rotatable bonds is 5. The zero-order valence-corrected chi connectivity index (χ0v) is 17.0. The summed E-state index contributed by atoms with van der Waals surface area (Å²) < 4.78 is 25.6. The molecule has 0 atom stereocenters. The van der Waals surface area contributed by atoms with Crippen molar-refractivity contribution >= 4 is 45.2 Å². The second-order valence-electron chi connectivity index (χ2n) is 5.77. The van der Waals surface area contributed by atoms with Crippen LogP contribution in [0.2, 0.25) is 0 Å². The van der Waals surface area contributed by atoms with Gasteiger partial charge in [-0.3, -0.25) is 9.69 Å². The number of carbonyl (C=O) groups excluding carboxylic acids is 1. The Labute approximate surface area is 169 Å². The van der Waals surface area contributed by atoms with Crippen LogP contribution in [0.5, 0.6) is 11.5 Å². The van der Waals surface area contributed by atoms with E-state index >= 15 is 0 Å². The fourth-order valence-corrected chi connectivity index (χ4v) is 3.29. The van der Waals surface area contributed by atoms with Crippen LogP contribution in [0.3, 0.4) is 0 Å². The van der Waals surface area contributed by atoms with E-state index in [9.17, 15) is 9.18 Å². The molecule has 0 saturated carbocycles. The average molecular weight is 451 g/mol. The van der Waals surface area contributed by atoms with E-state index in [2.05, 4.69) is 21.2 Å². The molecule has 140 valence electrons. The van der Waals surface area contributed by atoms with Gasteiger partial charge in [0, 0.05) is 12.6 Å². The summed E-state index contributed by atoms with van der Waals surface area (Å²) in [5.74, 6) is 0.352. The van der Waals surface area contributed by atoms with Crippen LogP contribution in [-0.4, -0.2) is 30.1 Å². The van der Waals surface area contributed by atoms with Crippen molar-refractivity contribution in [2.45, 2.75) is 6.61 Å². The minimum absolute atomic E-state index is 0.0567. The third kappa shape index (κ3) is 4.12. The predicted octanol–water partition coefficient (Wildman–Crippen LogP) is 3.86. The SMILES string of the molecule is COc1cc(C=C2NC(=S)N(C)C2=O)cc(Br)c1OCc1ccccc1F. The van der Waals surface area contributed by atoms with E-state index in [-0.39, 0.29) is 18.3 Å². The molecule has 5 nitrogen and oxygen atoms in total. The van der Waals surface area contributed by atoms with Crippen LogP contribution >= 0.6 is 28.1 Å². The lowest BCUT2D eigenvalue weighted by atomic mass is 10.1. The van der Waals surface area contributed by atoms with Crippen LogP contribution in [0.4, 0.5) is 4.39 Å². The van der Waals surface area contributed by atoms with Crippen molar-refractivity contribution in [2.75, 3.05) is 14.2 Å². The van der Waals surface area contributed by atoms with Crippen LogP contribution in [0.25, 0.3) is 6.08 Å². The highest BCUT2D eigenvalue weighted by Crippen LogP contribution is 2.38. The van der Waals surface area contributed by atoms with Crippen molar-refractivity contribution in [2.24, 2.45) is 0 Å². The molecule has 1 saturated heterocycles. The van der Waals surface area contributed by atoms with Gasteiger partial charge >= 0.3 is 0 Å². The zero-order valence-electron chi connectivity index (χ0n) is 14.6. The van der Waals surface area contributed by atoms with Crippen LogP contribution in [0.15, 0.2) is 46.6 Å². The Morgan fingerprint density at radius 3 is 2.70 bits per heavy atom. The molecule has 8 heteroatoms. The maximum atomic E-state index is 13.8. The molecule has 2 aromatic rings. The van der Waals surface area contributed by atoms with Gasteiger partial charge in [-0.1, -0.05) is 18.2 Å². The minimum atomic E-state index is -0.333. The summed E-state index contributed by atoms with van der Waals surface area (Å²) >= 11 is 8.52. The molecular weight excluding hydrogens is 435 g/mol. The second-order valence-corrected chi connectivity index (χ2v) is 7.01. The van der Waals surface area contributed by atoms with Crippen molar-refractivity contribution < 1.29 is 18.7 Å². The summed E-state index contributed by atoms with van der Waals surface area (Å²) in [6, 6.07) is 9.92. The molecule has 1 amide bonds. The quantitative estimate of drug-likeness (QED) is 0.553. The van der Waals surface area contributed by atoms with E-state index in [0.717, 1.165) is 0 Å². The summed E-state index contributed by atoms with van der Waals surface area (Å²) in [5.41, 5.74) is 1.53. The molecule has 0 radical (unpaired) electrons. The van der Waals surface area contributed by atoms with Crippen molar-refractivity contribution in [1.29, 1.82) is 0 Å². The van der Waals surface area contributed by atoms with Crippen LogP contribution in [-0.2, 0) is 11.4 Å². The number of nitrogens with zero attached hydrogens (tertiary/aromatic N) is 1. The van der Waals surface area contributed by atoms with Gasteiger partial charge in [0.2, 0.25) is 0 Å². The Morgan fingerprint density at radius 1 is 1.33 bits per heavy atom. The number of thiocarbonyl (C=S) groups is 1. The Morgan fingerprint density at radius 2 is 2.07 bits per heavy atom. The van der Waals surface area contributed by atoms with E-state index in [0.29, 0.717) is 37.9 Å². The first kappa shape index (κ1) is 19.3. The highest BCUT2D eigenvalue weighted by molar-refractivity contribution is 9.10. The van der Waals surface area contributed by atoms with Crippen molar-refractivity contribution in [3.8, 4) is 11.5 Å². The number of methoxy groups -OCH3 is 1. The monoisotopic (exact) mass is 450 g/mol. The van der Waals surface area contributed by atoms with E-state index < -0.39 is 0 Å². The van der Waals surface area contributed by atoms with Crippen molar-refractivity contribution in [3.63, 3.8) is 0 Å². The van der Waals surface area contributed by atoms with E-state index in [4.69, 9.17) is 21.7 Å². The fraction of sp³-hybridized carbons (Fsp3) is 0.158. The molecule has 0 aliphatic carbocycles. The van der Waals surface area contributed by atoms with Gasteiger partial charge in [0.25, 0.3) is 5.91 Å². The number of halogens is 2. The van der Waals surface area contributed by atoms with Gasteiger partial charge < -0.3 is 14.8 Å². The molecule has 1 heterocycles. The largest absolute Gasteiger partial charge is 0.493 e. The maximum Gasteiger partial charge on any atom is 0.276 e. The molecule has 1 aliphatic rings. The van der Waals surface area contributed by atoms with Gasteiger partial charge in [-0.2, -0.15) is 0 Å². The molecule has 1 aliphatic heterocycles. The maximum absolute atomic E-state index is 13.8. The highest BCUT2D eigenvalue weighted by atomic mass is 79.9. The predicted molar refractivity (Wildman–Crippen MR) is 108 cm³/mol. The summed E-state index contributed by atoms with van der Waals surface area (Å²) in [6.45, 7) is 0.0567. The lowest BCUT2D eigenvalue weighted by molar-refractivity contribution is -0.121. The normalized spacial score (nSPS) is 15.3. The molecule has 0 aromatic heterocycles. The number of hydrogen-bond acceptors (Lipinski definition) is 4. The average Bonchev–Trinajstić information content (AvgIpc) is 2.88. The van der Waals surface area contributed by atoms with Crippen LogP contribution in [0, 0.1) is 5.82 Å². The first-order chi connectivity index (χ1) is 12.9. The standard InChI is InChI=1S/C19H16BrFN2O3S/c1-23-18(24)15(22-19(23)27)8-11-7-13(20)17(16(9-11)25-2)26-10-12-5-3-4-6-14(12)21/h3-9H,10H2,1-2H3,(H,22,27). The second kappa shape index (κ2) is 8.06. The summed E-state index contributed by atoms with van der Waals surface area (Å²) in [4.78, 5) is 13.5. The molecule has 0 spiro atoms. The lowest BCUT2D eigenvalue weighted by Gasteiger charge is -2.14. The number of amides is 1. The lowest BCUT2D eigenvalue weighted by Crippen LogP contribution is -2.25. The Bertz CT molecular complexity index is 949. The van der Waals surface area contributed by atoms with Crippen molar-refractivity contribution in [1.82, 2.24) is 10.2 Å². The summed E-state index contributed by atoms with van der Waals surface area (Å²) in [5, 5.41) is 3.22. The smallest absolute Gasteiger partial charge is 0.276 e. The number of nitrogens with one attached hydrogen (secondary N) is 1. The Kier molecular flexibility index (Phi) is 5.76. The number of benzene rings is 2.